The predicted octanol–water partition coefficient (Wildman–Crippen LogP) is 2.59. The second kappa shape index (κ2) is 4.89. The SMILES string of the molecule is CC1CC2CCC(C1)N2CC1CCN(C)CC1. The highest BCUT2D eigenvalue weighted by Gasteiger charge is 2.39. The summed E-state index contributed by atoms with van der Waals surface area (Å²) < 4.78 is 0. The van der Waals surface area contributed by atoms with Crippen molar-refractivity contribution in [1.29, 1.82) is 0 Å². The Balaban J connectivity index is 1.55. The Labute approximate surface area is 106 Å². The molecule has 2 unspecified atom stereocenters. The van der Waals surface area contributed by atoms with Crippen LogP contribution in [-0.4, -0.2) is 48.6 Å². The number of piperidine rings is 2. The molecule has 0 aromatic carbocycles. The van der Waals surface area contributed by atoms with Crippen LogP contribution in [0.5, 0.6) is 0 Å². The first-order valence-electron chi connectivity index (χ1n) is 7.66. The molecule has 0 aromatic rings. The van der Waals surface area contributed by atoms with Crippen LogP contribution in [0.4, 0.5) is 0 Å². The molecule has 3 rings (SSSR count). The van der Waals surface area contributed by atoms with Gasteiger partial charge in [0.1, 0.15) is 0 Å². The van der Waals surface area contributed by atoms with E-state index >= 15 is 0 Å². The minimum Gasteiger partial charge on any atom is -0.306 e. The summed E-state index contributed by atoms with van der Waals surface area (Å²) in [5, 5.41) is 0. The molecular formula is C15H28N2. The molecule has 2 nitrogen and oxygen atoms in total. The highest BCUT2D eigenvalue weighted by atomic mass is 15.2. The van der Waals surface area contributed by atoms with Gasteiger partial charge in [-0.2, -0.15) is 0 Å². The molecule has 0 amide bonds. The molecule has 3 saturated heterocycles. The van der Waals surface area contributed by atoms with Gasteiger partial charge in [0.05, 0.1) is 0 Å². The first-order chi connectivity index (χ1) is 8.22. The van der Waals surface area contributed by atoms with Crippen molar-refractivity contribution in [2.24, 2.45) is 11.8 Å². The highest BCUT2D eigenvalue weighted by Crippen LogP contribution is 2.39. The first-order valence-corrected chi connectivity index (χ1v) is 7.66. The highest BCUT2D eigenvalue weighted by molar-refractivity contribution is 4.95. The van der Waals surface area contributed by atoms with Gasteiger partial charge in [-0.3, -0.25) is 4.90 Å². The van der Waals surface area contributed by atoms with Crippen LogP contribution in [0.25, 0.3) is 0 Å². The Bertz CT molecular complexity index is 244. The van der Waals surface area contributed by atoms with E-state index in [1.54, 1.807) is 0 Å². The number of nitrogens with zero attached hydrogens (tertiary/aromatic N) is 2. The van der Waals surface area contributed by atoms with Crippen molar-refractivity contribution in [3.63, 3.8) is 0 Å². The molecule has 3 fully saturated rings. The van der Waals surface area contributed by atoms with Crippen molar-refractivity contribution in [3.8, 4) is 0 Å². The average molecular weight is 236 g/mol. The van der Waals surface area contributed by atoms with E-state index in [0.717, 1.165) is 23.9 Å². The van der Waals surface area contributed by atoms with E-state index in [2.05, 4.69) is 23.8 Å². The maximum atomic E-state index is 2.90. The van der Waals surface area contributed by atoms with Crippen molar-refractivity contribution < 1.29 is 0 Å². The zero-order valence-corrected chi connectivity index (χ0v) is 11.6. The Morgan fingerprint density at radius 2 is 1.53 bits per heavy atom. The van der Waals surface area contributed by atoms with Gasteiger partial charge in [0.15, 0.2) is 0 Å². The van der Waals surface area contributed by atoms with Gasteiger partial charge < -0.3 is 4.90 Å². The number of hydrogen-bond donors (Lipinski definition) is 0. The Hall–Kier alpha value is -0.0800. The van der Waals surface area contributed by atoms with Crippen molar-refractivity contribution in [2.45, 2.75) is 57.5 Å². The Kier molecular flexibility index (Phi) is 3.45. The molecule has 98 valence electrons. The second-order valence-electron chi connectivity index (χ2n) is 6.91. The van der Waals surface area contributed by atoms with E-state index in [1.165, 1.54) is 58.2 Å². The zero-order chi connectivity index (χ0) is 11.8. The normalized spacial score (nSPS) is 40.9. The van der Waals surface area contributed by atoms with Gasteiger partial charge >= 0.3 is 0 Å². The molecule has 3 aliphatic heterocycles. The predicted molar refractivity (Wildman–Crippen MR) is 72.1 cm³/mol. The van der Waals surface area contributed by atoms with Gasteiger partial charge in [-0.25, -0.2) is 0 Å². The standard InChI is InChI=1S/C15H28N2/c1-12-9-14-3-4-15(10-12)17(14)11-13-5-7-16(2)8-6-13/h12-15H,3-11H2,1-2H3. The summed E-state index contributed by atoms with van der Waals surface area (Å²) in [5.41, 5.74) is 0. The molecule has 17 heavy (non-hydrogen) atoms. The summed E-state index contributed by atoms with van der Waals surface area (Å²) in [5.74, 6) is 1.98. The molecule has 0 aliphatic carbocycles. The zero-order valence-electron chi connectivity index (χ0n) is 11.6. The van der Waals surface area contributed by atoms with Crippen molar-refractivity contribution in [3.05, 3.63) is 0 Å². The molecule has 2 bridgehead atoms. The van der Waals surface area contributed by atoms with Crippen LogP contribution < -0.4 is 0 Å². The lowest BCUT2D eigenvalue weighted by Crippen LogP contribution is -2.46. The van der Waals surface area contributed by atoms with Gasteiger partial charge in [0, 0.05) is 18.6 Å². The van der Waals surface area contributed by atoms with E-state index in [4.69, 9.17) is 0 Å². The fraction of sp³-hybridized carbons (Fsp3) is 1.00. The van der Waals surface area contributed by atoms with E-state index in [9.17, 15) is 0 Å². The Morgan fingerprint density at radius 3 is 2.12 bits per heavy atom. The smallest absolute Gasteiger partial charge is 0.0101 e. The third-order valence-corrected chi connectivity index (χ3v) is 5.43. The molecule has 0 N–H and O–H groups in total. The van der Waals surface area contributed by atoms with Gasteiger partial charge in [-0.15, -0.1) is 0 Å². The topological polar surface area (TPSA) is 6.48 Å². The van der Waals surface area contributed by atoms with Crippen LogP contribution in [0.1, 0.15) is 45.4 Å². The second-order valence-corrected chi connectivity index (χ2v) is 6.91. The molecule has 3 heterocycles. The van der Waals surface area contributed by atoms with Crippen LogP contribution in [0, 0.1) is 11.8 Å². The van der Waals surface area contributed by atoms with Crippen molar-refractivity contribution in [1.82, 2.24) is 9.80 Å². The minimum absolute atomic E-state index is 0.948. The lowest BCUT2D eigenvalue weighted by Gasteiger charge is -2.41. The number of rotatable bonds is 2. The third-order valence-electron chi connectivity index (χ3n) is 5.43. The monoisotopic (exact) mass is 236 g/mol. The molecular weight excluding hydrogens is 208 g/mol. The molecule has 0 spiro atoms. The van der Waals surface area contributed by atoms with Gasteiger partial charge in [0.2, 0.25) is 0 Å². The largest absolute Gasteiger partial charge is 0.306 e. The fourth-order valence-corrected chi connectivity index (χ4v) is 4.39. The number of hydrogen-bond acceptors (Lipinski definition) is 2. The van der Waals surface area contributed by atoms with Crippen molar-refractivity contribution in [2.75, 3.05) is 26.7 Å². The van der Waals surface area contributed by atoms with E-state index < -0.39 is 0 Å². The van der Waals surface area contributed by atoms with Crippen LogP contribution in [-0.2, 0) is 0 Å². The van der Waals surface area contributed by atoms with E-state index in [1.807, 2.05) is 0 Å². The summed E-state index contributed by atoms with van der Waals surface area (Å²) in [6, 6.07) is 1.90. The van der Waals surface area contributed by atoms with Crippen LogP contribution >= 0.6 is 0 Å². The van der Waals surface area contributed by atoms with E-state index in [-0.39, 0.29) is 0 Å². The molecule has 0 radical (unpaired) electrons. The average Bonchev–Trinajstić information content (AvgIpc) is 2.56. The van der Waals surface area contributed by atoms with Crippen molar-refractivity contribution >= 4 is 0 Å². The van der Waals surface area contributed by atoms with Crippen LogP contribution in [0.15, 0.2) is 0 Å². The number of likely N-dealkylation sites (tertiary alicyclic amines) is 1. The lowest BCUT2D eigenvalue weighted by atomic mass is 9.89. The van der Waals surface area contributed by atoms with Gasteiger partial charge in [0.25, 0.3) is 0 Å². The molecule has 3 aliphatic rings. The summed E-state index contributed by atoms with van der Waals surface area (Å²) in [7, 11) is 2.27. The van der Waals surface area contributed by atoms with E-state index in [0.29, 0.717) is 0 Å². The van der Waals surface area contributed by atoms with Crippen LogP contribution in [0.3, 0.4) is 0 Å². The summed E-state index contributed by atoms with van der Waals surface area (Å²) >= 11 is 0. The first kappa shape index (κ1) is 12.0. The Morgan fingerprint density at radius 1 is 0.941 bits per heavy atom. The number of fused-ring (bicyclic) bond motifs is 2. The molecule has 0 saturated carbocycles. The fourth-order valence-electron chi connectivity index (χ4n) is 4.39. The maximum absolute atomic E-state index is 2.90. The third kappa shape index (κ3) is 2.53. The minimum atomic E-state index is 0.948. The summed E-state index contributed by atoms with van der Waals surface area (Å²) in [6.07, 6.45) is 8.79. The van der Waals surface area contributed by atoms with Gasteiger partial charge in [-0.1, -0.05) is 6.92 Å². The summed E-state index contributed by atoms with van der Waals surface area (Å²) in [6.45, 7) is 6.52. The lowest BCUT2D eigenvalue weighted by molar-refractivity contribution is 0.0742. The maximum Gasteiger partial charge on any atom is 0.0101 e. The van der Waals surface area contributed by atoms with Crippen LogP contribution in [0.2, 0.25) is 0 Å². The molecule has 2 heteroatoms. The summed E-state index contributed by atoms with van der Waals surface area (Å²) in [4.78, 5) is 5.39. The molecule has 0 aromatic heterocycles. The van der Waals surface area contributed by atoms with Gasteiger partial charge in [-0.05, 0) is 70.5 Å². The quantitative estimate of drug-likeness (QED) is 0.727. The molecule has 2 atom stereocenters.